The van der Waals surface area contributed by atoms with Crippen LogP contribution in [0.1, 0.15) is 77.6 Å². The first-order valence-electron chi connectivity index (χ1n) is 22.1. The van der Waals surface area contributed by atoms with E-state index in [0.29, 0.717) is 0 Å². The van der Waals surface area contributed by atoms with Crippen LogP contribution in [-0.4, -0.2) is 12.6 Å². The Kier molecular flexibility index (Phi) is 8.72. The summed E-state index contributed by atoms with van der Waals surface area (Å²) in [7, 11) is -1.48. The third-order valence-corrected chi connectivity index (χ3v) is 15.7. The zero-order chi connectivity index (χ0) is 42.8. The molecule has 304 valence electrons. The minimum Gasteiger partial charge on any atom is -0.310 e. The quantitative estimate of drug-likeness (QED) is 0.157. The van der Waals surface area contributed by atoms with Crippen molar-refractivity contribution in [1.29, 1.82) is 0 Å². The second kappa shape index (κ2) is 13.5. The second-order valence-corrected chi connectivity index (χ2v) is 26.2. The minimum atomic E-state index is -1.48. The average molecular weight is 811 g/mol. The SMILES string of the molecule is CC(C)(C)c1ccc2c(c1)c1cc(C(C)(C)C)ccc1n2-c1cc2c(c3ccccc13)-c1ccc(N(c3ccc([Si](C)(C)C)cc3)c3cccc4ccccc34)cc1C2(C)C. The van der Waals surface area contributed by atoms with Crippen LogP contribution < -0.4 is 10.1 Å². The lowest BCUT2D eigenvalue weighted by molar-refractivity contribution is 0.590. The van der Waals surface area contributed by atoms with Gasteiger partial charge in [0.1, 0.15) is 0 Å². The molecule has 9 aromatic rings. The van der Waals surface area contributed by atoms with Crippen LogP contribution in [-0.2, 0) is 16.2 Å². The van der Waals surface area contributed by atoms with Crippen LogP contribution in [0.5, 0.6) is 0 Å². The Balaban J connectivity index is 1.20. The molecule has 2 nitrogen and oxygen atoms in total. The van der Waals surface area contributed by atoms with Gasteiger partial charge in [0.15, 0.2) is 0 Å². The van der Waals surface area contributed by atoms with Gasteiger partial charge in [0.05, 0.1) is 30.5 Å². The fourth-order valence-corrected chi connectivity index (χ4v) is 11.2. The van der Waals surface area contributed by atoms with Gasteiger partial charge >= 0.3 is 0 Å². The molecule has 0 fully saturated rings. The van der Waals surface area contributed by atoms with E-state index >= 15 is 0 Å². The van der Waals surface area contributed by atoms with Crippen molar-refractivity contribution in [2.24, 2.45) is 0 Å². The molecule has 61 heavy (non-hydrogen) atoms. The van der Waals surface area contributed by atoms with Gasteiger partial charge in [-0.25, -0.2) is 0 Å². The molecular weight excluding hydrogens is 753 g/mol. The lowest BCUT2D eigenvalue weighted by Crippen LogP contribution is -2.37. The summed E-state index contributed by atoms with van der Waals surface area (Å²) in [6.45, 7) is 26.0. The summed E-state index contributed by atoms with van der Waals surface area (Å²) < 4.78 is 2.56. The van der Waals surface area contributed by atoms with Crippen LogP contribution >= 0.6 is 0 Å². The summed E-state index contributed by atoms with van der Waals surface area (Å²) in [5, 5.41) is 9.16. The average Bonchev–Trinajstić information content (AvgIpc) is 3.67. The molecule has 10 rings (SSSR count). The standard InChI is InChI=1S/C58H58N2Si/c1-56(2,3)38-23-31-52-47(33-38)48-34-39(57(4,5)6)24-32-53(48)60(52)54-36-50-55(45-21-15-14-20-44(45)54)46-30-27-41(35-49(46)58(50,7)8)59(40-25-28-42(29-26-40)61(9,10)11)51-22-16-18-37-17-12-13-19-43(37)51/h12-36H,1-11H3. The number of rotatable bonds is 5. The lowest BCUT2D eigenvalue weighted by Gasteiger charge is -2.29. The number of benzene rings is 8. The molecule has 0 atom stereocenters. The van der Waals surface area contributed by atoms with E-state index < -0.39 is 8.07 Å². The normalized spacial score (nSPS) is 14.0. The summed E-state index contributed by atoms with van der Waals surface area (Å²) in [5.41, 5.74) is 15.2. The van der Waals surface area contributed by atoms with Crippen LogP contribution in [0.2, 0.25) is 19.6 Å². The number of hydrogen-bond donors (Lipinski definition) is 0. The Bertz CT molecular complexity index is 3140. The topological polar surface area (TPSA) is 8.17 Å². The molecule has 0 saturated carbocycles. The van der Waals surface area contributed by atoms with Crippen LogP contribution in [0.4, 0.5) is 17.1 Å². The largest absolute Gasteiger partial charge is 0.310 e. The van der Waals surface area contributed by atoms with Gasteiger partial charge < -0.3 is 9.47 Å². The summed E-state index contributed by atoms with van der Waals surface area (Å²) in [5.74, 6) is 0. The maximum Gasteiger partial charge on any atom is 0.0775 e. The molecule has 3 heteroatoms. The van der Waals surface area contributed by atoms with E-state index in [0.717, 1.165) is 0 Å². The highest BCUT2D eigenvalue weighted by atomic mass is 28.3. The van der Waals surface area contributed by atoms with Gasteiger partial charge in [-0.2, -0.15) is 0 Å². The Morgan fingerprint density at radius 1 is 0.492 bits per heavy atom. The van der Waals surface area contributed by atoms with Crippen molar-refractivity contribution in [2.45, 2.75) is 91.3 Å². The Hall–Kier alpha value is -5.90. The molecule has 1 aliphatic carbocycles. The fourth-order valence-electron chi connectivity index (χ4n) is 10.0. The van der Waals surface area contributed by atoms with E-state index in [1.54, 1.807) is 0 Å². The van der Waals surface area contributed by atoms with Crippen molar-refractivity contribution in [3.8, 4) is 16.8 Å². The van der Waals surface area contributed by atoms with Gasteiger partial charge in [0.2, 0.25) is 0 Å². The smallest absolute Gasteiger partial charge is 0.0775 e. The molecule has 0 bridgehead atoms. The maximum absolute atomic E-state index is 2.56. The van der Waals surface area contributed by atoms with Crippen molar-refractivity contribution in [3.63, 3.8) is 0 Å². The number of anilines is 3. The molecule has 0 N–H and O–H groups in total. The van der Waals surface area contributed by atoms with Gasteiger partial charge in [0, 0.05) is 38.3 Å². The van der Waals surface area contributed by atoms with Gasteiger partial charge in [-0.1, -0.05) is 171 Å². The van der Waals surface area contributed by atoms with Gasteiger partial charge in [0.25, 0.3) is 0 Å². The van der Waals surface area contributed by atoms with E-state index in [2.05, 4.69) is 236 Å². The van der Waals surface area contributed by atoms with E-state index in [-0.39, 0.29) is 16.2 Å². The number of nitrogens with zero attached hydrogens (tertiary/aromatic N) is 2. The highest BCUT2D eigenvalue weighted by molar-refractivity contribution is 6.88. The van der Waals surface area contributed by atoms with E-state index in [1.165, 1.54) is 105 Å². The van der Waals surface area contributed by atoms with E-state index in [9.17, 15) is 0 Å². The summed E-state index contributed by atoms with van der Waals surface area (Å²) in [6, 6.07) is 58.1. The highest BCUT2D eigenvalue weighted by Crippen LogP contribution is 2.55. The molecule has 0 amide bonds. The minimum absolute atomic E-state index is 0.0415. The molecule has 1 aliphatic rings. The van der Waals surface area contributed by atoms with E-state index in [1.807, 2.05) is 0 Å². The van der Waals surface area contributed by atoms with Crippen LogP contribution in [0.15, 0.2) is 152 Å². The lowest BCUT2D eigenvalue weighted by atomic mass is 9.81. The fraction of sp³-hybridized carbons (Fsp3) is 0.241. The van der Waals surface area contributed by atoms with Crippen molar-refractivity contribution in [3.05, 3.63) is 174 Å². The molecule has 1 heterocycles. The maximum atomic E-state index is 2.56. The zero-order valence-electron chi connectivity index (χ0n) is 37.8. The Labute approximate surface area is 363 Å². The first kappa shape index (κ1) is 39.2. The van der Waals surface area contributed by atoms with Crippen molar-refractivity contribution in [1.82, 2.24) is 4.57 Å². The van der Waals surface area contributed by atoms with Gasteiger partial charge in [-0.3, -0.25) is 0 Å². The predicted molar refractivity (Wildman–Crippen MR) is 268 cm³/mol. The monoisotopic (exact) mass is 810 g/mol. The Morgan fingerprint density at radius 3 is 1.66 bits per heavy atom. The van der Waals surface area contributed by atoms with Gasteiger partial charge in [-0.15, -0.1) is 0 Å². The summed E-state index contributed by atoms with van der Waals surface area (Å²) >= 11 is 0. The van der Waals surface area contributed by atoms with Crippen molar-refractivity contribution >= 4 is 73.7 Å². The molecule has 0 aliphatic heterocycles. The third-order valence-electron chi connectivity index (χ3n) is 13.6. The zero-order valence-corrected chi connectivity index (χ0v) is 38.8. The molecule has 0 spiro atoms. The molecule has 0 saturated heterocycles. The molecule has 1 aromatic heterocycles. The third kappa shape index (κ3) is 6.26. The van der Waals surface area contributed by atoms with Gasteiger partial charge in [-0.05, 0) is 116 Å². The van der Waals surface area contributed by atoms with Crippen LogP contribution in [0.3, 0.4) is 0 Å². The van der Waals surface area contributed by atoms with Crippen molar-refractivity contribution < 1.29 is 0 Å². The number of aromatic nitrogens is 1. The highest BCUT2D eigenvalue weighted by Gasteiger charge is 2.38. The second-order valence-electron chi connectivity index (χ2n) is 21.1. The molecular formula is C58H58N2Si. The molecule has 8 aromatic carbocycles. The first-order chi connectivity index (χ1) is 28.9. The Morgan fingerprint density at radius 2 is 1.05 bits per heavy atom. The first-order valence-corrected chi connectivity index (χ1v) is 25.6. The number of hydrogen-bond acceptors (Lipinski definition) is 1. The predicted octanol–water partition coefficient (Wildman–Crippen LogP) is 16.0. The molecule has 0 unspecified atom stereocenters. The summed E-state index contributed by atoms with van der Waals surface area (Å²) in [6.07, 6.45) is 0. The summed E-state index contributed by atoms with van der Waals surface area (Å²) in [4.78, 5) is 2.48. The van der Waals surface area contributed by atoms with Crippen LogP contribution in [0, 0.1) is 0 Å². The molecule has 0 radical (unpaired) electrons. The van der Waals surface area contributed by atoms with Crippen molar-refractivity contribution in [2.75, 3.05) is 4.90 Å². The van der Waals surface area contributed by atoms with Crippen LogP contribution in [0.25, 0.3) is 60.2 Å². The van der Waals surface area contributed by atoms with E-state index in [4.69, 9.17) is 0 Å². The number of fused-ring (bicyclic) bond motifs is 9.